The molecule has 0 saturated heterocycles. The highest BCUT2D eigenvalue weighted by atomic mass is 16.5. The molecule has 0 radical (unpaired) electrons. The van der Waals surface area contributed by atoms with Crippen LogP contribution in [0.2, 0.25) is 0 Å². The first-order valence-electron chi connectivity index (χ1n) is 6.86. The second kappa shape index (κ2) is 5.40. The molecule has 3 aromatic heterocycles. The van der Waals surface area contributed by atoms with Gasteiger partial charge in [0.25, 0.3) is 0 Å². The van der Waals surface area contributed by atoms with Gasteiger partial charge in [0.2, 0.25) is 0 Å². The summed E-state index contributed by atoms with van der Waals surface area (Å²) in [5.74, 6) is -0.292. The quantitative estimate of drug-likeness (QED) is 0.689. The normalized spacial score (nSPS) is 11.0. The van der Waals surface area contributed by atoms with E-state index in [-0.39, 0.29) is 12.1 Å². The predicted molar refractivity (Wildman–Crippen MR) is 81.2 cm³/mol. The maximum atomic E-state index is 11.9. The van der Waals surface area contributed by atoms with Gasteiger partial charge in [0, 0.05) is 35.9 Å². The van der Waals surface area contributed by atoms with Crippen LogP contribution in [-0.4, -0.2) is 21.5 Å². The van der Waals surface area contributed by atoms with Gasteiger partial charge in [-0.05, 0) is 49.7 Å². The molecular formula is C17H16N2O2. The van der Waals surface area contributed by atoms with Crippen molar-refractivity contribution in [3.8, 4) is 11.1 Å². The zero-order chi connectivity index (χ0) is 14.8. The third-order valence-corrected chi connectivity index (χ3v) is 3.19. The summed E-state index contributed by atoms with van der Waals surface area (Å²) in [6, 6.07) is 9.58. The van der Waals surface area contributed by atoms with Crippen molar-refractivity contribution in [2.75, 3.05) is 0 Å². The van der Waals surface area contributed by atoms with E-state index < -0.39 is 0 Å². The molecule has 0 atom stereocenters. The van der Waals surface area contributed by atoms with Crippen LogP contribution in [-0.2, 0) is 4.74 Å². The molecule has 3 heterocycles. The summed E-state index contributed by atoms with van der Waals surface area (Å²) in [7, 11) is 0. The molecule has 0 aromatic carbocycles. The van der Waals surface area contributed by atoms with Crippen molar-refractivity contribution in [1.82, 2.24) is 9.38 Å². The minimum Gasteiger partial charge on any atom is -0.459 e. The van der Waals surface area contributed by atoms with Crippen molar-refractivity contribution in [3.63, 3.8) is 0 Å². The summed E-state index contributed by atoms with van der Waals surface area (Å²) in [6.07, 6.45) is 7.32. The molecular weight excluding hydrogens is 264 g/mol. The van der Waals surface area contributed by atoms with E-state index in [1.165, 1.54) is 0 Å². The van der Waals surface area contributed by atoms with Gasteiger partial charge in [-0.25, -0.2) is 4.79 Å². The van der Waals surface area contributed by atoms with Crippen molar-refractivity contribution in [3.05, 3.63) is 60.7 Å². The maximum Gasteiger partial charge on any atom is 0.338 e. The van der Waals surface area contributed by atoms with E-state index in [1.807, 2.05) is 54.9 Å². The summed E-state index contributed by atoms with van der Waals surface area (Å²) in [5.41, 5.74) is 3.71. The minimum absolute atomic E-state index is 0.118. The highest BCUT2D eigenvalue weighted by molar-refractivity contribution is 5.91. The van der Waals surface area contributed by atoms with Gasteiger partial charge in [0.05, 0.1) is 11.7 Å². The van der Waals surface area contributed by atoms with Crippen LogP contribution in [0.15, 0.2) is 55.1 Å². The number of carbonyl (C=O) groups is 1. The molecule has 3 aromatic rings. The molecule has 21 heavy (non-hydrogen) atoms. The Bertz CT molecular complexity index is 776. The minimum atomic E-state index is -0.292. The summed E-state index contributed by atoms with van der Waals surface area (Å²) >= 11 is 0. The van der Waals surface area contributed by atoms with Crippen LogP contribution in [0.25, 0.3) is 16.6 Å². The molecule has 0 bridgehead atoms. The maximum absolute atomic E-state index is 11.9. The molecule has 0 unspecified atom stereocenters. The number of aromatic nitrogens is 2. The van der Waals surface area contributed by atoms with E-state index in [9.17, 15) is 4.79 Å². The van der Waals surface area contributed by atoms with Crippen LogP contribution in [0.4, 0.5) is 0 Å². The average Bonchev–Trinajstić information content (AvgIpc) is 2.90. The second-order valence-corrected chi connectivity index (χ2v) is 5.17. The summed E-state index contributed by atoms with van der Waals surface area (Å²) in [4.78, 5) is 16.0. The van der Waals surface area contributed by atoms with E-state index in [1.54, 1.807) is 18.5 Å². The Hall–Kier alpha value is -2.62. The highest BCUT2D eigenvalue weighted by Crippen LogP contribution is 2.22. The van der Waals surface area contributed by atoms with Gasteiger partial charge in [-0.15, -0.1) is 0 Å². The van der Waals surface area contributed by atoms with E-state index in [2.05, 4.69) is 4.98 Å². The number of carbonyl (C=O) groups excluding carboxylic acids is 1. The molecule has 0 spiro atoms. The largest absolute Gasteiger partial charge is 0.459 e. The lowest BCUT2D eigenvalue weighted by Gasteiger charge is -2.07. The molecule has 0 fully saturated rings. The zero-order valence-corrected chi connectivity index (χ0v) is 12.0. The molecule has 0 saturated carbocycles. The van der Waals surface area contributed by atoms with Crippen molar-refractivity contribution in [2.45, 2.75) is 20.0 Å². The van der Waals surface area contributed by atoms with Crippen molar-refractivity contribution >= 4 is 11.5 Å². The van der Waals surface area contributed by atoms with Crippen LogP contribution in [0.5, 0.6) is 0 Å². The highest BCUT2D eigenvalue weighted by Gasteiger charge is 2.10. The van der Waals surface area contributed by atoms with Gasteiger partial charge in [0.15, 0.2) is 0 Å². The van der Waals surface area contributed by atoms with Gasteiger partial charge in [-0.1, -0.05) is 0 Å². The van der Waals surface area contributed by atoms with Crippen LogP contribution < -0.4 is 0 Å². The lowest BCUT2D eigenvalue weighted by atomic mass is 10.1. The van der Waals surface area contributed by atoms with Crippen LogP contribution >= 0.6 is 0 Å². The van der Waals surface area contributed by atoms with Gasteiger partial charge < -0.3 is 9.14 Å². The van der Waals surface area contributed by atoms with Crippen molar-refractivity contribution in [1.29, 1.82) is 0 Å². The summed E-state index contributed by atoms with van der Waals surface area (Å²) in [6.45, 7) is 3.69. The summed E-state index contributed by atoms with van der Waals surface area (Å²) < 4.78 is 7.21. The summed E-state index contributed by atoms with van der Waals surface area (Å²) in [5, 5.41) is 0. The van der Waals surface area contributed by atoms with Crippen LogP contribution in [0.3, 0.4) is 0 Å². The fourth-order valence-corrected chi connectivity index (χ4v) is 2.22. The Balaban J connectivity index is 1.97. The molecule has 0 aliphatic heterocycles. The number of esters is 1. The first kappa shape index (κ1) is 13.4. The molecule has 106 valence electrons. The van der Waals surface area contributed by atoms with Gasteiger partial charge in [-0.3, -0.25) is 4.98 Å². The van der Waals surface area contributed by atoms with E-state index >= 15 is 0 Å². The molecule has 0 amide bonds. The fraction of sp³-hybridized carbons (Fsp3) is 0.176. The lowest BCUT2D eigenvalue weighted by Crippen LogP contribution is -2.11. The monoisotopic (exact) mass is 280 g/mol. The molecule has 4 nitrogen and oxygen atoms in total. The molecule has 3 rings (SSSR count). The third-order valence-electron chi connectivity index (χ3n) is 3.19. The van der Waals surface area contributed by atoms with Gasteiger partial charge in [0.1, 0.15) is 0 Å². The average molecular weight is 280 g/mol. The number of fused-ring (bicyclic) bond motifs is 1. The molecule has 4 heteroatoms. The Labute approximate surface area is 123 Å². The topological polar surface area (TPSA) is 43.6 Å². The van der Waals surface area contributed by atoms with E-state index in [4.69, 9.17) is 4.74 Å². The number of nitrogens with zero attached hydrogens (tertiary/aromatic N) is 2. The SMILES string of the molecule is CC(C)OC(=O)c1ccn2cc(-c3ccncc3)cc2c1. The Kier molecular flexibility index (Phi) is 3.44. The first-order chi connectivity index (χ1) is 10.1. The first-order valence-corrected chi connectivity index (χ1v) is 6.86. The number of ether oxygens (including phenoxy) is 1. The second-order valence-electron chi connectivity index (χ2n) is 5.17. The fourth-order valence-electron chi connectivity index (χ4n) is 2.22. The lowest BCUT2D eigenvalue weighted by molar-refractivity contribution is 0.0378. The Morgan fingerprint density at radius 1 is 1.14 bits per heavy atom. The van der Waals surface area contributed by atoms with E-state index in [0.29, 0.717) is 5.56 Å². The van der Waals surface area contributed by atoms with Crippen LogP contribution in [0.1, 0.15) is 24.2 Å². The predicted octanol–water partition coefficient (Wildman–Crippen LogP) is 3.57. The van der Waals surface area contributed by atoms with E-state index in [0.717, 1.165) is 16.6 Å². The number of pyridine rings is 2. The van der Waals surface area contributed by atoms with Gasteiger partial charge >= 0.3 is 5.97 Å². The molecule has 0 aliphatic carbocycles. The van der Waals surface area contributed by atoms with Crippen molar-refractivity contribution in [2.24, 2.45) is 0 Å². The molecule has 0 aliphatic rings. The molecule has 0 N–H and O–H groups in total. The van der Waals surface area contributed by atoms with Crippen molar-refractivity contribution < 1.29 is 9.53 Å². The Morgan fingerprint density at radius 2 is 1.90 bits per heavy atom. The van der Waals surface area contributed by atoms with Gasteiger partial charge in [-0.2, -0.15) is 0 Å². The standard InChI is InChI=1S/C17H16N2O2/c1-12(2)21-17(20)14-5-8-19-11-15(10-16(19)9-14)13-3-6-18-7-4-13/h3-12H,1-2H3. The number of hydrogen-bond acceptors (Lipinski definition) is 3. The Morgan fingerprint density at radius 3 is 2.62 bits per heavy atom. The zero-order valence-electron chi connectivity index (χ0n) is 12.0. The number of hydrogen-bond donors (Lipinski definition) is 0. The number of rotatable bonds is 3. The smallest absolute Gasteiger partial charge is 0.338 e. The van der Waals surface area contributed by atoms with Crippen LogP contribution in [0, 0.1) is 0 Å². The third kappa shape index (κ3) is 2.79.